The largest absolute Gasteiger partial charge is 0.347 e. The summed E-state index contributed by atoms with van der Waals surface area (Å²) >= 11 is 17.9. The molecule has 0 fully saturated rings. The maximum atomic E-state index is 11.9. The van der Waals surface area contributed by atoms with E-state index < -0.39 is 11.8 Å². The summed E-state index contributed by atoms with van der Waals surface area (Å²) in [5, 5.41) is 6.63. The molecule has 0 saturated carbocycles. The van der Waals surface area contributed by atoms with Gasteiger partial charge in [-0.15, -0.1) is 0 Å². The molecule has 0 atom stereocenters. The molecule has 2 amide bonds. The summed E-state index contributed by atoms with van der Waals surface area (Å²) in [4.78, 5) is 23.7. The predicted molar refractivity (Wildman–Crippen MR) is 98.0 cm³/mol. The molecule has 0 aliphatic rings. The Kier molecular flexibility index (Phi) is 6.49. The molecule has 0 aliphatic carbocycles. The van der Waals surface area contributed by atoms with E-state index in [1.165, 1.54) is 0 Å². The summed E-state index contributed by atoms with van der Waals surface area (Å²) < 4.78 is 0. The molecule has 24 heavy (non-hydrogen) atoms. The van der Waals surface area contributed by atoms with Crippen LogP contribution in [0.2, 0.25) is 15.1 Å². The standard InChI is InChI=1S/C17H15Cl3N2O2/c1-10-2-5-13(9-14(10)19)22-17(24)16(23)21-7-6-11-3-4-12(18)8-15(11)20/h2-5,8-9H,6-7H2,1H3,(H,21,23)(H,22,24). The number of anilines is 1. The van der Waals surface area contributed by atoms with Gasteiger partial charge in [0.25, 0.3) is 0 Å². The third-order valence-electron chi connectivity index (χ3n) is 3.33. The molecule has 2 aromatic carbocycles. The average Bonchev–Trinajstić information content (AvgIpc) is 2.53. The molecule has 0 aromatic heterocycles. The van der Waals surface area contributed by atoms with Gasteiger partial charge in [-0.2, -0.15) is 0 Å². The smallest absolute Gasteiger partial charge is 0.313 e. The predicted octanol–water partition coefficient (Wildman–Crippen LogP) is 4.25. The number of hydrogen-bond donors (Lipinski definition) is 2. The number of halogens is 3. The first kappa shape index (κ1) is 18.6. The Balaban J connectivity index is 1.85. The number of hydrogen-bond acceptors (Lipinski definition) is 2. The molecule has 0 bridgehead atoms. The fourth-order valence-electron chi connectivity index (χ4n) is 1.97. The van der Waals surface area contributed by atoms with Gasteiger partial charge in [0.05, 0.1) is 0 Å². The molecular weight excluding hydrogens is 371 g/mol. The maximum absolute atomic E-state index is 11.9. The Labute approximate surface area is 155 Å². The number of benzene rings is 2. The average molecular weight is 386 g/mol. The highest BCUT2D eigenvalue weighted by molar-refractivity contribution is 6.40. The van der Waals surface area contributed by atoms with E-state index in [0.717, 1.165) is 11.1 Å². The van der Waals surface area contributed by atoms with Gasteiger partial charge in [0, 0.05) is 27.3 Å². The summed E-state index contributed by atoms with van der Waals surface area (Å²) in [7, 11) is 0. The Morgan fingerprint density at radius 1 is 0.958 bits per heavy atom. The second-order valence-electron chi connectivity index (χ2n) is 5.16. The molecule has 2 N–H and O–H groups in total. The number of rotatable bonds is 4. The summed E-state index contributed by atoms with van der Waals surface area (Å²) in [6.07, 6.45) is 0.491. The molecule has 0 radical (unpaired) electrons. The summed E-state index contributed by atoms with van der Waals surface area (Å²) in [5.74, 6) is -1.48. The van der Waals surface area contributed by atoms with Crippen LogP contribution in [-0.4, -0.2) is 18.4 Å². The zero-order valence-corrected chi connectivity index (χ0v) is 15.1. The van der Waals surface area contributed by atoms with Gasteiger partial charge in [-0.1, -0.05) is 46.9 Å². The lowest BCUT2D eigenvalue weighted by atomic mass is 10.1. The van der Waals surface area contributed by atoms with E-state index in [-0.39, 0.29) is 6.54 Å². The molecule has 7 heteroatoms. The SMILES string of the molecule is Cc1ccc(NC(=O)C(=O)NCCc2ccc(Cl)cc2Cl)cc1Cl. The van der Waals surface area contributed by atoms with Gasteiger partial charge in [0.1, 0.15) is 0 Å². The highest BCUT2D eigenvalue weighted by Gasteiger charge is 2.14. The molecule has 0 unspecified atom stereocenters. The number of amides is 2. The third-order valence-corrected chi connectivity index (χ3v) is 4.33. The van der Waals surface area contributed by atoms with Gasteiger partial charge in [-0.25, -0.2) is 0 Å². The van der Waals surface area contributed by atoms with Gasteiger partial charge < -0.3 is 10.6 Å². The fraction of sp³-hybridized carbons (Fsp3) is 0.176. The van der Waals surface area contributed by atoms with E-state index >= 15 is 0 Å². The number of carbonyl (C=O) groups is 2. The Morgan fingerprint density at radius 2 is 1.71 bits per heavy atom. The van der Waals surface area contributed by atoms with Crippen molar-refractivity contribution in [3.63, 3.8) is 0 Å². The van der Waals surface area contributed by atoms with Crippen LogP contribution in [0.3, 0.4) is 0 Å². The van der Waals surface area contributed by atoms with Crippen molar-refractivity contribution in [1.82, 2.24) is 5.32 Å². The van der Waals surface area contributed by atoms with Crippen molar-refractivity contribution in [2.24, 2.45) is 0 Å². The molecule has 4 nitrogen and oxygen atoms in total. The van der Waals surface area contributed by atoms with Crippen molar-refractivity contribution in [1.29, 1.82) is 0 Å². The molecular formula is C17H15Cl3N2O2. The van der Waals surface area contributed by atoms with Crippen molar-refractivity contribution in [3.8, 4) is 0 Å². The molecule has 0 heterocycles. The zero-order chi connectivity index (χ0) is 17.7. The highest BCUT2D eigenvalue weighted by Crippen LogP contribution is 2.21. The summed E-state index contributed by atoms with van der Waals surface area (Å²) in [6.45, 7) is 2.13. The summed E-state index contributed by atoms with van der Waals surface area (Å²) in [5.41, 5.74) is 2.19. The van der Waals surface area contributed by atoms with Crippen LogP contribution in [0, 0.1) is 6.92 Å². The van der Waals surface area contributed by atoms with Crippen LogP contribution < -0.4 is 10.6 Å². The van der Waals surface area contributed by atoms with Crippen LogP contribution >= 0.6 is 34.8 Å². The minimum absolute atomic E-state index is 0.280. The van der Waals surface area contributed by atoms with Crippen LogP contribution in [0.25, 0.3) is 0 Å². The maximum Gasteiger partial charge on any atom is 0.313 e. The van der Waals surface area contributed by atoms with Crippen molar-refractivity contribution in [3.05, 3.63) is 62.6 Å². The van der Waals surface area contributed by atoms with Crippen LogP contribution in [0.1, 0.15) is 11.1 Å². The molecule has 126 valence electrons. The van der Waals surface area contributed by atoms with Crippen LogP contribution in [0.5, 0.6) is 0 Å². The number of carbonyl (C=O) groups excluding carboxylic acids is 2. The first-order chi connectivity index (χ1) is 11.4. The Bertz CT molecular complexity index is 778. The van der Waals surface area contributed by atoms with Crippen molar-refractivity contribution in [2.45, 2.75) is 13.3 Å². The van der Waals surface area contributed by atoms with E-state index in [1.807, 2.05) is 6.92 Å². The van der Waals surface area contributed by atoms with E-state index in [9.17, 15) is 9.59 Å². The van der Waals surface area contributed by atoms with Crippen molar-refractivity contribution >= 4 is 52.3 Å². The van der Waals surface area contributed by atoms with Gasteiger partial charge in [0.2, 0.25) is 0 Å². The monoisotopic (exact) mass is 384 g/mol. The molecule has 2 rings (SSSR count). The highest BCUT2D eigenvalue weighted by atomic mass is 35.5. The Hall–Kier alpha value is -1.75. The molecule has 2 aromatic rings. The molecule has 0 aliphatic heterocycles. The number of aryl methyl sites for hydroxylation is 1. The minimum atomic E-state index is -0.753. The number of nitrogens with one attached hydrogen (secondary N) is 2. The quantitative estimate of drug-likeness (QED) is 0.773. The lowest BCUT2D eigenvalue weighted by Gasteiger charge is -2.08. The van der Waals surface area contributed by atoms with Crippen molar-refractivity contribution < 1.29 is 9.59 Å². The van der Waals surface area contributed by atoms with E-state index in [2.05, 4.69) is 10.6 Å². The molecule has 0 saturated heterocycles. The first-order valence-corrected chi connectivity index (χ1v) is 8.29. The second kappa shape index (κ2) is 8.38. The third kappa shape index (κ3) is 5.13. The lowest BCUT2D eigenvalue weighted by molar-refractivity contribution is -0.136. The second-order valence-corrected chi connectivity index (χ2v) is 6.41. The minimum Gasteiger partial charge on any atom is -0.347 e. The van der Waals surface area contributed by atoms with E-state index in [4.69, 9.17) is 34.8 Å². The van der Waals surface area contributed by atoms with Gasteiger partial charge in [-0.3, -0.25) is 9.59 Å². The fourth-order valence-corrected chi connectivity index (χ4v) is 2.66. The van der Waals surface area contributed by atoms with E-state index in [0.29, 0.717) is 27.2 Å². The van der Waals surface area contributed by atoms with Crippen LogP contribution in [0.15, 0.2) is 36.4 Å². The van der Waals surface area contributed by atoms with Crippen molar-refractivity contribution in [2.75, 3.05) is 11.9 Å². The van der Waals surface area contributed by atoms with Gasteiger partial charge in [0.15, 0.2) is 0 Å². The van der Waals surface area contributed by atoms with Crippen LogP contribution in [-0.2, 0) is 16.0 Å². The van der Waals surface area contributed by atoms with Crippen LogP contribution in [0.4, 0.5) is 5.69 Å². The van der Waals surface area contributed by atoms with Gasteiger partial charge >= 0.3 is 11.8 Å². The van der Waals surface area contributed by atoms with Gasteiger partial charge in [-0.05, 0) is 48.7 Å². The Morgan fingerprint density at radius 3 is 2.38 bits per heavy atom. The lowest BCUT2D eigenvalue weighted by Crippen LogP contribution is -2.36. The normalized spacial score (nSPS) is 10.3. The summed E-state index contributed by atoms with van der Waals surface area (Å²) in [6, 6.07) is 10.2. The zero-order valence-electron chi connectivity index (χ0n) is 12.8. The molecule has 0 spiro atoms. The first-order valence-electron chi connectivity index (χ1n) is 7.16. The topological polar surface area (TPSA) is 58.2 Å². The van der Waals surface area contributed by atoms with E-state index in [1.54, 1.807) is 36.4 Å².